The van der Waals surface area contributed by atoms with Gasteiger partial charge in [-0.25, -0.2) is 9.32 Å². The van der Waals surface area contributed by atoms with Crippen LogP contribution in [0.3, 0.4) is 0 Å². The van der Waals surface area contributed by atoms with Gasteiger partial charge in [-0.1, -0.05) is 18.2 Å². The van der Waals surface area contributed by atoms with E-state index >= 15 is 0 Å². The molecule has 5 heteroatoms. The average molecular weight is 207 g/mol. The topological polar surface area (TPSA) is 43.4 Å². The van der Waals surface area contributed by atoms with E-state index in [1.165, 1.54) is 6.92 Å². The zero-order valence-electron chi connectivity index (χ0n) is 8.56. The summed E-state index contributed by atoms with van der Waals surface area (Å²) < 4.78 is 15.7. The predicted molar refractivity (Wildman–Crippen MR) is 46.5 cm³/mol. The molecular weight excluding hydrogens is 198 g/mol. The van der Waals surface area contributed by atoms with Gasteiger partial charge in [0.2, 0.25) is 0 Å². The number of rotatable bonds is 3. The third kappa shape index (κ3) is 4.53. The molecule has 1 aromatic carbocycles. The quantitative estimate of drug-likeness (QED) is 0.494. The molecule has 0 aliphatic heterocycles. The van der Waals surface area contributed by atoms with Crippen LogP contribution in [-0.2, 0) is 9.36 Å². The average Bonchev–Trinajstić information content (AvgIpc) is 2.06. The van der Waals surface area contributed by atoms with Gasteiger partial charge in [-0.15, -0.1) is 0 Å². The molecule has 1 aromatic rings. The maximum atomic E-state index is 10.9. The first-order valence-corrected chi connectivity index (χ1v) is 4.59. The van der Waals surface area contributed by atoms with Crippen molar-refractivity contribution in [1.82, 2.24) is 0 Å². The fraction of sp³-hybridized carbons (Fsp3) is 0.125. The first-order valence-electron chi connectivity index (χ1n) is 3.41. The van der Waals surface area contributed by atoms with Gasteiger partial charge < -0.3 is 1.43 Å². The minimum atomic E-state index is -2.20. The van der Waals surface area contributed by atoms with Gasteiger partial charge in [0.25, 0.3) is 0 Å². The van der Waals surface area contributed by atoms with Crippen LogP contribution in [0.2, 0.25) is 0 Å². The monoisotopic (exact) mass is 207 g/mol. The van der Waals surface area contributed by atoms with Crippen LogP contribution in [-0.4, -0.2) is 5.52 Å². The minimum absolute atomic E-state index is 0. The van der Waals surface area contributed by atoms with Crippen molar-refractivity contribution in [3.05, 3.63) is 30.3 Å². The Balaban J connectivity index is 0. The second kappa shape index (κ2) is 6.28. The Morgan fingerprint density at radius 2 is 1.92 bits per heavy atom. The van der Waals surface area contributed by atoms with Gasteiger partial charge in [0.15, 0.2) is 5.75 Å². The van der Waals surface area contributed by atoms with Crippen LogP contribution >= 0.6 is 8.03 Å². The van der Waals surface area contributed by atoms with Crippen LogP contribution in [0.15, 0.2) is 30.3 Å². The number of para-hydroxylation sites is 1. The summed E-state index contributed by atoms with van der Waals surface area (Å²) >= 11 is 0. The van der Waals surface area contributed by atoms with Crippen LogP contribution in [0.5, 0.6) is 5.75 Å². The zero-order chi connectivity index (χ0) is 8.97. The van der Waals surface area contributed by atoms with E-state index in [1.54, 1.807) is 24.3 Å². The largest absolute Gasteiger partial charge is 1.00 e. The number of carbonyl (C=O) groups excluding carboxylic acids is 1. The molecule has 0 saturated heterocycles. The molecule has 0 radical (unpaired) electrons. The molecule has 0 amide bonds. The van der Waals surface area contributed by atoms with Crippen molar-refractivity contribution in [2.45, 2.75) is 6.92 Å². The molecule has 64 valence electrons. The molecule has 0 aliphatic carbocycles. The van der Waals surface area contributed by atoms with Crippen molar-refractivity contribution in [3.63, 3.8) is 0 Å². The van der Waals surface area contributed by atoms with Crippen molar-refractivity contribution in [2.75, 3.05) is 0 Å². The molecule has 1 atom stereocenters. The SMILES string of the molecule is CC(=O)[P+](=O)Oc1ccccc1.[H-].[Na+]. The van der Waals surface area contributed by atoms with E-state index in [0.29, 0.717) is 5.75 Å². The summed E-state index contributed by atoms with van der Waals surface area (Å²) in [5, 5.41) is 0. The van der Waals surface area contributed by atoms with Crippen molar-refractivity contribution in [2.24, 2.45) is 0 Å². The molecule has 0 fully saturated rings. The van der Waals surface area contributed by atoms with E-state index in [9.17, 15) is 9.36 Å². The smallest absolute Gasteiger partial charge is 1.00 e. The number of hydrogen-bond donors (Lipinski definition) is 0. The summed E-state index contributed by atoms with van der Waals surface area (Å²) in [6, 6.07) is 8.61. The Hall–Kier alpha value is -0.210. The molecule has 0 aliphatic rings. The van der Waals surface area contributed by atoms with E-state index in [1.807, 2.05) is 6.07 Å². The van der Waals surface area contributed by atoms with Gasteiger partial charge >= 0.3 is 43.1 Å². The molecule has 0 saturated carbocycles. The fourth-order valence-electron chi connectivity index (χ4n) is 0.641. The van der Waals surface area contributed by atoms with E-state index < -0.39 is 13.6 Å². The standard InChI is InChI=1S/C8H8O3P.Na.H/c1-7(9)12(10)11-8-5-3-2-4-6-8;;/h2-6H,1H3;;/q2*+1;-1. The molecular formula is C8H9NaO3P+. The first-order chi connectivity index (χ1) is 5.70. The maximum Gasteiger partial charge on any atom is 1.00 e. The molecule has 0 aromatic heterocycles. The Morgan fingerprint density at radius 1 is 1.38 bits per heavy atom. The van der Waals surface area contributed by atoms with Gasteiger partial charge in [-0.2, -0.15) is 0 Å². The summed E-state index contributed by atoms with van der Waals surface area (Å²) in [4.78, 5) is 10.5. The van der Waals surface area contributed by atoms with Crippen molar-refractivity contribution in [1.29, 1.82) is 0 Å². The molecule has 0 heterocycles. The van der Waals surface area contributed by atoms with Gasteiger partial charge in [0.1, 0.15) is 0 Å². The van der Waals surface area contributed by atoms with Crippen LogP contribution in [0.4, 0.5) is 0 Å². The van der Waals surface area contributed by atoms with E-state index in [0.717, 1.165) is 0 Å². The van der Waals surface area contributed by atoms with Crippen LogP contribution in [0, 0.1) is 0 Å². The summed E-state index contributed by atoms with van der Waals surface area (Å²) in [6.45, 7) is 1.24. The van der Waals surface area contributed by atoms with Gasteiger partial charge in [0, 0.05) is 6.92 Å². The minimum Gasteiger partial charge on any atom is -1.00 e. The third-order valence-corrected chi connectivity index (χ3v) is 2.08. The zero-order valence-corrected chi connectivity index (χ0v) is 10.5. The summed E-state index contributed by atoms with van der Waals surface area (Å²) in [5.74, 6) is 0.453. The third-order valence-electron chi connectivity index (χ3n) is 1.19. The van der Waals surface area contributed by atoms with Gasteiger partial charge in [0.05, 0.1) is 0 Å². The Labute approximate surface area is 101 Å². The van der Waals surface area contributed by atoms with E-state index in [4.69, 9.17) is 4.52 Å². The van der Waals surface area contributed by atoms with Gasteiger partial charge in [-0.05, 0) is 16.7 Å². The van der Waals surface area contributed by atoms with Crippen molar-refractivity contribution >= 4 is 13.6 Å². The van der Waals surface area contributed by atoms with Crippen molar-refractivity contribution in [3.8, 4) is 5.75 Å². The Bertz CT molecular complexity index is 305. The van der Waals surface area contributed by atoms with E-state index in [-0.39, 0.29) is 31.0 Å². The number of benzene rings is 1. The molecule has 1 rings (SSSR count). The summed E-state index contributed by atoms with van der Waals surface area (Å²) in [7, 11) is -2.20. The Morgan fingerprint density at radius 3 is 2.38 bits per heavy atom. The predicted octanol–water partition coefficient (Wildman–Crippen LogP) is -0.529. The second-order valence-corrected chi connectivity index (χ2v) is 3.51. The fourth-order valence-corrected chi connectivity index (χ4v) is 1.08. The van der Waals surface area contributed by atoms with Crippen LogP contribution in [0.1, 0.15) is 8.35 Å². The number of hydrogen-bond acceptors (Lipinski definition) is 3. The van der Waals surface area contributed by atoms with E-state index in [2.05, 4.69) is 0 Å². The second-order valence-electron chi connectivity index (χ2n) is 2.18. The summed E-state index contributed by atoms with van der Waals surface area (Å²) in [5.41, 5.74) is -0.450. The molecule has 13 heavy (non-hydrogen) atoms. The van der Waals surface area contributed by atoms with Crippen LogP contribution < -0.4 is 34.1 Å². The maximum absolute atomic E-state index is 10.9. The molecule has 0 spiro atoms. The first kappa shape index (κ1) is 12.8. The molecule has 0 bridgehead atoms. The van der Waals surface area contributed by atoms with Gasteiger partial charge in [-0.3, -0.25) is 0 Å². The normalized spacial score (nSPS) is 9.77. The van der Waals surface area contributed by atoms with Crippen molar-refractivity contribution < 1.29 is 44.9 Å². The number of carbonyl (C=O) groups is 1. The summed E-state index contributed by atoms with van der Waals surface area (Å²) in [6.07, 6.45) is 0. The molecule has 1 unspecified atom stereocenters. The molecule has 3 nitrogen and oxygen atoms in total. The Kier molecular flexibility index (Phi) is 6.17. The molecule has 0 N–H and O–H groups in total. The van der Waals surface area contributed by atoms with Crippen LogP contribution in [0.25, 0.3) is 0 Å².